The number of hydrogen-bond donors (Lipinski definition) is 1. The summed E-state index contributed by atoms with van der Waals surface area (Å²) in [5, 5.41) is 16.1. The molecule has 7 heteroatoms. The highest BCUT2D eigenvalue weighted by atomic mass is 16.2. The van der Waals surface area contributed by atoms with E-state index >= 15 is 0 Å². The van der Waals surface area contributed by atoms with Gasteiger partial charge >= 0.3 is 0 Å². The van der Waals surface area contributed by atoms with Gasteiger partial charge in [0.15, 0.2) is 0 Å². The summed E-state index contributed by atoms with van der Waals surface area (Å²) in [7, 11) is 1.92. The lowest BCUT2D eigenvalue weighted by Gasteiger charge is -2.33. The Bertz CT molecular complexity index is 760. The first kappa shape index (κ1) is 17.9. The van der Waals surface area contributed by atoms with Crippen LogP contribution in [-0.4, -0.2) is 49.9 Å². The number of anilines is 1. The number of hydrogen-bond acceptors (Lipinski definition) is 5. The molecule has 1 N–H and O–H groups in total. The van der Waals surface area contributed by atoms with Crippen molar-refractivity contribution < 1.29 is 4.79 Å². The predicted octanol–water partition coefficient (Wildman–Crippen LogP) is 2.97. The van der Waals surface area contributed by atoms with Crippen molar-refractivity contribution in [2.24, 2.45) is 7.05 Å². The first-order valence-corrected chi connectivity index (χ1v) is 10.1. The zero-order valence-electron chi connectivity index (χ0n) is 16.0. The molecule has 0 atom stereocenters. The van der Waals surface area contributed by atoms with Crippen molar-refractivity contribution in [2.45, 2.75) is 56.9 Å². The number of nitrogens with one attached hydrogen (secondary N) is 1. The summed E-state index contributed by atoms with van der Waals surface area (Å²) in [6.45, 7) is 1.52. The fourth-order valence-corrected chi connectivity index (χ4v) is 4.33. The van der Waals surface area contributed by atoms with E-state index in [4.69, 9.17) is 0 Å². The van der Waals surface area contributed by atoms with Gasteiger partial charge in [-0.05, 0) is 37.8 Å². The fraction of sp³-hybridized carbons (Fsp3) is 0.600. The first-order valence-electron chi connectivity index (χ1n) is 10.1. The SMILES string of the molecule is Cn1cc(C(=O)N2CCC(Nc3cccnn3)CC2)c(C2CCCCC2)n1. The lowest BCUT2D eigenvalue weighted by molar-refractivity contribution is 0.0716. The summed E-state index contributed by atoms with van der Waals surface area (Å²) in [6.07, 6.45) is 11.5. The predicted molar refractivity (Wildman–Crippen MR) is 104 cm³/mol. The molecule has 0 aromatic carbocycles. The van der Waals surface area contributed by atoms with Crippen LogP contribution in [-0.2, 0) is 7.05 Å². The Kier molecular flexibility index (Phi) is 5.36. The molecule has 27 heavy (non-hydrogen) atoms. The third kappa shape index (κ3) is 4.12. The lowest BCUT2D eigenvalue weighted by atomic mass is 9.85. The average Bonchev–Trinajstić information content (AvgIpc) is 3.11. The Labute approximate surface area is 160 Å². The molecule has 0 bridgehead atoms. The van der Waals surface area contributed by atoms with Crippen molar-refractivity contribution in [3.63, 3.8) is 0 Å². The third-order valence-corrected chi connectivity index (χ3v) is 5.79. The number of aromatic nitrogens is 4. The van der Waals surface area contributed by atoms with E-state index in [1.165, 1.54) is 19.3 Å². The second-order valence-electron chi connectivity index (χ2n) is 7.76. The van der Waals surface area contributed by atoms with Crippen LogP contribution in [0.15, 0.2) is 24.5 Å². The summed E-state index contributed by atoms with van der Waals surface area (Å²) in [6, 6.07) is 4.14. The number of piperidine rings is 1. The van der Waals surface area contributed by atoms with Gasteiger partial charge < -0.3 is 10.2 Å². The Balaban J connectivity index is 1.39. The van der Waals surface area contributed by atoms with Crippen molar-refractivity contribution in [2.75, 3.05) is 18.4 Å². The van der Waals surface area contributed by atoms with Crippen LogP contribution in [0.3, 0.4) is 0 Å². The van der Waals surface area contributed by atoms with Gasteiger partial charge in [-0.2, -0.15) is 10.2 Å². The molecule has 3 heterocycles. The Morgan fingerprint density at radius 2 is 1.93 bits per heavy atom. The highest BCUT2D eigenvalue weighted by molar-refractivity contribution is 5.95. The quantitative estimate of drug-likeness (QED) is 0.898. The lowest BCUT2D eigenvalue weighted by Crippen LogP contribution is -2.42. The fourth-order valence-electron chi connectivity index (χ4n) is 4.33. The Morgan fingerprint density at radius 1 is 1.15 bits per heavy atom. The zero-order chi connectivity index (χ0) is 18.6. The van der Waals surface area contributed by atoms with E-state index in [2.05, 4.69) is 20.6 Å². The van der Waals surface area contributed by atoms with Gasteiger partial charge in [0.2, 0.25) is 0 Å². The normalized spacial score (nSPS) is 19.2. The van der Waals surface area contributed by atoms with Gasteiger partial charge in [0, 0.05) is 44.5 Å². The topological polar surface area (TPSA) is 75.9 Å². The minimum Gasteiger partial charge on any atom is -0.366 e. The van der Waals surface area contributed by atoms with Crippen LogP contribution in [0.1, 0.15) is 66.9 Å². The molecule has 1 saturated carbocycles. The van der Waals surface area contributed by atoms with Crippen molar-refractivity contribution in [1.29, 1.82) is 0 Å². The average molecular weight is 368 g/mol. The molecule has 1 saturated heterocycles. The monoisotopic (exact) mass is 368 g/mol. The van der Waals surface area contributed by atoms with Crippen molar-refractivity contribution in [3.8, 4) is 0 Å². The number of amides is 1. The molecule has 7 nitrogen and oxygen atoms in total. The maximum atomic E-state index is 13.2. The molecule has 144 valence electrons. The van der Waals surface area contributed by atoms with Crippen LogP contribution in [0.25, 0.3) is 0 Å². The molecule has 0 unspecified atom stereocenters. The van der Waals surface area contributed by atoms with E-state index in [1.807, 2.05) is 30.3 Å². The number of nitrogens with zero attached hydrogens (tertiary/aromatic N) is 5. The van der Waals surface area contributed by atoms with Gasteiger partial charge in [-0.3, -0.25) is 9.48 Å². The molecular formula is C20H28N6O. The van der Waals surface area contributed by atoms with Crippen LogP contribution >= 0.6 is 0 Å². The van der Waals surface area contributed by atoms with Crippen molar-refractivity contribution >= 4 is 11.7 Å². The van der Waals surface area contributed by atoms with Gasteiger partial charge in [0.25, 0.3) is 5.91 Å². The maximum absolute atomic E-state index is 13.2. The van der Waals surface area contributed by atoms with E-state index < -0.39 is 0 Å². The van der Waals surface area contributed by atoms with Crippen LogP contribution in [0, 0.1) is 0 Å². The summed E-state index contributed by atoms with van der Waals surface area (Å²) in [5.74, 6) is 1.38. The number of rotatable bonds is 4. The highest BCUT2D eigenvalue weighted by Crippen LogP contribution is 2.34. The maximum Gasteiger partial charge on any atom is 0.257 e. The minimum absolute atomic E-state index is 0.140. The molecule has 2 fully saturated rings. The number of carbonyl (C=O) groups excluding carboxylic acids is 1. The molecule has 2 aromatic heterocycles. The van der Waals surface area contributed by atoms with Crippen molar-refractivity contribution in [1.82, 2.24) is 24.9 Å². The van der Waals surface area contributed by atoms with Gasteiger partial charge in [-0.25, -0.2) is 0 Å². The minimum atomic E-state index is 0.140. The zero-order valence-corrected chi connectivity index (χ0v) is 16.0. The molecule has 1 aliphatic heterocycles. The van der Waals surface area contributed by atoms with E-state index in [9.17, 15) is 4.79 Å². The summed E-state index contributed by atoms with van der Waals surface area (Å²) in [5.41, 5.74) is 1.83. The molecular weight excluding hydrogens is 340 g/mol. The van der Waals surface area contributed by atoms with Crippen LogP contribution in [0.5, 0.6) is 0 Å². The van der Waals surface area contributed by atoms with Crippen LogP contribution in [0.2, 0.25) is 0 Å². The summed E-state index contributed by atoms with van der Waals surface area (Å²) >= 11 is 0. The Hall–Kier alpha value is -2.44. The van der Waals surface area contributed by atoms with Gasteiger partial charge in [-0.15, -0.1) is 5.10 Å². The molecule has 0 spiro atoms. The first-order chi connectivity index (χ1) is 13.2. The second-order valence-corrected chi connectivity index (χ2v) is 7.76. The number of carbonyl (C=O) groups is 1. The second kappa shape index (κ2) is 8.06. The standard InChI is InChI=1S/C20H28N6O/c1-25-14-17(19(24-25)15-6-3-2-4-7-15)20(27)26-12-9-16(10-13-26)22-18-8-5-11-21-23-18/h5,8,11,14-16H,2-4,6-7,9-10,12-13H2,1H3,(H,22,23). The molecule has 2 aliphatic rings. The van der Waals surface area contributed by atoms with E-state index in [0.717, 1.165) is 55.8 Å². The van der Waals surface area contributed by atoms with Gasteiger partial charge in [-0.1, -0.05) is 19.3 Å². The van der Waals surface area contributed by atoms with Crippen molar-refractivity contribution in [3.05, 3.63) is 35.8 Å². The molecule has 2 aromatic rings. The molecule has 1 aliphatic carbocycles. The highest BCUT2D eigenvalue weighted by Gasteiger charge is 2.29. The van der Waals surface area contributed by atoms with Crippen LogP contribution in [0.4, 0.5) is 5.82 Å². The molecule has 4 rings (SSSR count). The largest absolute Gasteiger partial charge is 0.366 e. The van der Waals surface area contributed by atoms with E-state index in [1.54, 1.807) is 10.9 Å². The number of aryl methyl sites for hydroxylation is 1. The van der Waals surface area contributed by atoms with E-state index in [0.29, 0.717) is 12.0 Å². The van der Waals surface area contributed by atoms with Gasteiger partial charge in [0.1, 0.15) is 5.82 Å². The smallest absolute Gasteiger partial charge is 0.257 e. The number of likely N-dealkylation sites (tertiary alicyclic amines) is 1. The van der Waals surface area contributed by atoms with E-state index in [-0.39, 0.29) is 5.91 Å². The molecule has 1 amide bonds. The Morgan fingerprint density at radius 3 is 2.63 bits per heavy atom. The van der Waals surface area contributed by atoms with Crippen LogP contribution < -0.4 is 5.32 Å². The van der Waals surface area contributed by atoms with Gasteiger partial charge in [0.05, 0.1) is 11.3 Å². The summed E-state index contributed by atoms with van der Waals surface area (Å²) < 4.78 is 1.81. The third-order valence-electron chi connectivity index (χ3n) is 5.79. The summed E-state index contributed by atoms with van der Waals surface area (Å²) in [4.78, 5) is 15.2. The molecule has 0 radical (unpaired) electrons.